The molecule has 0 aliphatic rings. The molecule has 0 N–H and O–H groups in total. The van der Waals surface area contributed by atoms with Crippen LogP contribution >= 0.6 is 11.3 Å². The van der Waals surface area contributed by atoms with E-state index in [1.807, 2.05) is 37.1 Å². The zero-order valence-electron chi connectivity index (χ0n) is 17.8. The lowest BCUT2D eigenvalue weighted by atomic mass is 10.2. The Kier molecular flexibility index (Phi) is 8.80. The van der Waals surface area contributed by atoms with E-state index in [1.165, 1.54) is 16.9 Å². The minimum Gasteiger partial charge on any atom is -0.370 e. The zero-order valence-corrected chi connectivity index (χ0v) is 18.6. The Hall–Kier alpha value is -2.73. The molecule has 0 atom stereocenters. The van der Waals surface area contributed by atoms with Gasteiger partial charge in [0.15, 0.2) is 5.78 Å². The summed E-state index contributed by atoms with van der Waals surface area (Å²) in [6, 6.07) is 3.93. The third-order valence-corrected chi connectivity index (χ3v) is 5.65. The van der Waals surface area contributed by atoms with Crippen molar-refractivity contribution in [3.63, 3.8) is 0 Å². The van der Waals surface area contributed by atoms with Crippen LogP contribution in [0.4, 0.5) is 5.69 Å². The standard InChI is InChI=1S/C23H30N4OS/c1-6-13-26(5)20-11-12-25-23-19(20)15-22(29-23)21(28)16-27(17-24-4)14-9-8-10-18(3)7-2/h6-9,11-12,15,17H,1,10,13-14,16H2,2-5H3/b9-8-,18-7-,24-17?. The van der Waals surface area contributed by atoms with Gasteiger partial charge >= 0.3 is 0 Å². The molecule has 0 aliphatic heterocycles. The Bertz CT molecular complexity index is 926. The van der Waals surface area contributed by atoms with Crippen molar-refractivity contribution in [1.82, 2.24) is 9.88 Å². The van der Waals surface area contributed by atoms with E-state index in [9.17, 15) is 4.79 Å². The smallest absolute Gasteiger partial charge is 0.192 e. The van der Waals surface area contributed by atoms with E-state index in [-0.39, 0.29) is 12.3 Å². The van der Waals surface area contributed by atoms with E-state index in [0.717, 1.165) is 33.7 Å². The monoisotopic (exact) mass is 410 g/mol. The van der Waals surface area contributed by atoms with Crippen LogP contribution in [-0.2, 0) is 0 Å². The van der Waals surface area contributed by atoms with Crippen LogP contribution in [0.3, 0.4) is 0 Å². The lowest BCUT2D eigenvalue weighted by Crippen LogP contribution is -2.28. The summed E-state index contributed by atoms with van der Waals surface area (Å²) in [5.41, 5.74) is 2.38. The number of rotatable bonds is 11. The molecule has 6 heteroatoms. The quantitative estimate of drug-likeness (QED) is 0.227. The number of nitrogens with zero attached hydrogens (tertiary/aromatic N) is 4. The van der Waals surface area contributed by atoms with Crippen LogP contribution in [0, 0.1) is 0 Å². The van der Waals surface area contributed by atoms with Crippen molar-refractivity contribution in [2.45, 2.75) is 20.3 Å². The molecule has 2 heterocycles. The van der Waals surface area contributed by atoms with Crippen molar-refractivity contribution in [2.75, 3.05) is 38.6 Å². The van der Waals surface area contributed by atoms with Crippen molar-refractivity contribution in [3.05, 3.63) is 59.7 Å². The second kappa shape index (κ2) is 11.3. The van der Waals surface area contributed by atoms with Crippen LogP contribution in [-0.4, -0.2) is 55.7 Å². The maximum Gasteiger partial charge on any atom is 0.192 e. The van der Waals surface area contributed by atoms with Crippen LogP contribution in [0.5, 0.6) is 0 Å². The summed E-state index contributed by atoms with van der Waals surface area (Å²) in [4.78, 5) is 27.1. The van der Waals surface area contributed by atoms with Crippen LogP contribution in [0.2, 0.25) is 0 Å². The normalized spacial score (nSPS) is 12.2. The molecular weight excluding hydrogens is 380 g/mol. The third kappa shape index (κ3) is 6.39. The van der Waals surface area contributed by atoms with Gasteiger partial charge in [0.25, 0.3) is 0 Å². The third-order valence-electron chi connectivity index (χ3n) is 4.57. The Morgan fingerprint density at radius 2 is 2.14 bits per heavy atom. The van der Waals surface area contributed by atoms with Gasteiger partial charge in [0.1, 0.15) is 4.83 Å². The van der Waals surface area contributed by atoms with Gasteiger partial charge in [-0.15, -0.1) is 17.9 Å². The number of aromatic nitrogens is 1. The molecule has 0 aromatic carbocycles. The second-order valence-electron chi connectivity index (χ2n) is 6.87. The molecule has 0 spiro atoms. The van der Waals surface area contributed by atoms with Gasteiger partial charge in [0.05, 0.1) is 17.8 Å². The number of pyridine rings is 1. The van der Waals surface area contributed by atoms with Crippen molar-refractivity contribution in [2.24, 2.45) is 4.99 Å². The lowest BCUT2D eigenvalue weighted by Gasteiger charge is -2.17. The lowest BCUT2D eigenvalue weighted by molar-refractivity contribution is 0.0972. The molecular formula is C23H30N4OS. The number of carbonyl (C=O) groups is 1. The summed E-state index contributed by atoms with van der Waals surface area (Å²) in [6.07, 6.45) is 12.6. The Balaban J connectivity index is 2.14. The predicted octanol–water partition coefficient (Wildman–Crippen LogP) is 4.97. The SMILES string of the molecule is C=CCN(C)c1ccnc2sc(C(=O)CN(C=NC)C/C=C\C/C(C)=C\C)cc12. The van der Waals surface area contributed by atoms with Gasteiger partial charge < -0.3 is 9.80 Å². The molecule has 2 rings (SSSR count). The molecule has 0 radical (unpaired) electrons. The molecule has 0 bridgehead atoms. The Labute approximate surface area is 177 Å². The van der Waals surface area contributed by atoms with E-state index in [4.69, 9.17) is 0 Å². The highest BCUT2D eigenvalue weighted by molar-refractivity contribution is 7.20. The highest BCUT2D eigenvalue weighted by Gasteiger charge is 2.16. The maximum absolute atomic E-state index is 12.9. The minimum absolute atomic E-state index is 0.0725. The van der Waals surface area contributed by atoms with Gasteiger partial charge in [-0.05, 0) is 32.4 Å². The van der Waals surface area contributed by atoms with Crippen molar-refractivity contribution in [1.29, 1.82) is 0 Å². The van der Waals surface area contributed by atoms with Gasteiger partial charge in [-0.2, -0.15) is 0 Å². The summed E-state index contributed by atoms with van der Waals surface area (Å²) >= 11 is 1.44. The summed E-state index contributed by atoms with van der Waals surface area (Å²) in [6.45, 7) is 9.62. The molecule has 2 aromatic rings. The summed E-state index contributed by atoms with van der Waals surface area (Å²) in [5.74, 6) is 0.0725. The summed E-state index contributed by atoms with van der Waals surface area (Å²) < 4.78 is 0. The first-order valence-corrected chi connectivity index (χ1v) is 10.5. The first-order chi connectivity index (χ1) is 14.0. The number of allylic oxidation sites excluding steroid dienone is 3. The Morgan fingerprint density at radius 1 is 1.34 bits per heavy atom. The zero-order chi connectivity index (χ0) is 21.2. The van der Waals surface area contributed by atoms with Gasteiger partial charge in [-0.3, -0.25) is 9.79 Å². The minimum atomic E-state index is 0.0725. The molecule has 0 saturated heterocycles. The van der Waals surface area contributed by atoms with Crippen molar-refractivity contribution >= 4 is 39.4 Å². The highest BCUT2D eigenvalue weighted by Crippen LogP contribution is 2.31. The number of Topliss-reactive ketones (excluding diaryl/α,β-unsaturated/α-hetero) is 1. The number of ketones is 1. The molecule has 0 aliphatic carbocycles. The van der Waals surface area contributed by atoms with E-state index >= 15 is 0 Å². The Morgan fingerprint density at radius 3 is 2.83 bits per heavy atom. The van der Waals surface area contributed by atoms with Crippen molar-refractivity contribution < 1.29 is 4.79 Å². The molecule has 0 saturated carbocycles. The number of anilines is 1. The van der Waals surface area contributed by atoms with Gasteiger partial charge in [0, 0.05) is 44.5 Å². The van der Waals surface area contributed by atoms with Gasteiger partial charge in [-0.25, -0.2) is 4.98 Å². The fourth-order valence-electron chi connectivity index (χ4n) is 2.86. The average Bonchev–Trinajstić information content (AvgIpc) is 3.15. The molecule has 0 amide bonds. The highest BCUT2D eigenvalue weighted by atomic mass is 32.1. The van der Waals surface area contributed by atoms with Crippen molar-refractivity contribution in [3.8, 4) is 0 Å². The first kappa shape index (κ1) is 22.6. The average molecular weight is 411 g/mol. The number of hydrogen-bond donors (Lipinski definition) is 0. The number of likely N-dealkylation sites (N-methyl/N-ethyl adjacent to an activating group) is 1. The fourth-order valence-corrected chi connectivity index (χ4v) is 3.81. The van der Waals surface area contributed by atoms with E-state index in [0.29, 0.717) is 6.54 Å². The number of fused-ring (bicyclic) bond motifs is 1. The number of carbonyl (C=O) groups excluding carboxylic acids is 1. The van der Waals surface area contributed by atoms with Crippen LogP contribution in [0.15, 0.2) is 59.8 Å². The van der Waals surface area contributed by atoms with E-state index < -0.39 is 0 Å². The molecule has 5 nitrogen and oxygen atoms in total. The summed E-state index contributed by atoms with van der Waals surface area (Å²) in [7, 11) is 3.73. The molecule has 29 heavy (non-hydrogen) atoms. The maximum atomic E-state index is 12.9. The van der Waals surface area contributed by atoms with Crippen LogP contribution < -0.4 is 4.90 Å². The summed E-state index contributed by atoms with van der Waals surface area (Å²) in [5, 5.41) is 1.00. The molecule has 0 fully saturated rings. The van der Waals surface area contributed by atoms with Gasteiger partial charge in [-0.1, -0.05) is 29.9 Å². The predicted molar refractivity (Wildman–Crippen MR) is 127 cm³/mol. The largest absolute Gasteiger partial charge is 0.370 e. The number of hydrogen-bond acceptors (Lipinski definition) is 5. The number of thiophene rings is 1. The van der Waals surface area contributed by atoms with Crippen LogP contribution in [0.25, 0.3) is 10.2 Å². The van der Waals surface area contributed by atoms with E-state index in [2.05, 4.69) is 46.6 Å². The second-order valence-corrected chi connectivity index (χ2v) is 7.90. The fraction of sp³-hybridized carbons (Fsp3) is 0.348. The molecule has 0 unspecified atom stereocenters. The number of aliphatic imine (C=N–C) groups is 1. The van der Waals surface area contributed by atoms with Gasteiger partial charge in [0.2, 0.25) is 0 Å². The topological polar surface area (TPSA) is 48.8 Å². The van der Waals surface area contributed by atoms with E-state index in [1.54, 1.807) is 19.6 Å². The first-order valence-electron chi connectivity index (χ1n) is 9.67. The molecule has 154 valence electrons. The molecule has 2 aromatic heterocycles. The van der Waals surface area contributed by atoms with Crippen LogP contribution in [0.1, 0.15) is 29.9 Å².